The highest BCUT2D eigenvalue weighted by Crippen LogP contribution is 2.29. The molecule has 0 bridgehead atoms. The molecule has 0 saturated carbocycles. The minimum atomic E-state index is -0.470. The van der Waals surface area contributed by atoms with Crippen molar-refractivity contribution >= 4 is 11.4 Å². The molecule has 0 fully saturated rings. The zero-order valence-electron chi connectivity index (χ0n) is 11.5. The highest BCUT2D eigenvalue weighted by Gasteiger charge is 2.15. The Hall–Kier alpha value is -2.34. The van der Waals surface area contributed by atoms with Crippen molar-refractivity contribution < 1.29 is 4.39 Å². The van der Waals surface area contributed by atoms with Crippen molar-refractivity contribution in [3.63, 3.8) is 0 Å². The van der Waals surface area contributed by atoms with Crippen molar-refractivity contribution in [2.75, 3.05) is 11.4 Å². The maximum absolute atomic E-state index is 13.8. The van der Waals surface area contributed by atoms with Gasteiger partial charge in [0.05, 0.1) is 5.69 Å². The lowest BCUT2D eigenvalue weighted by atomic mass is 10.1. The Morgan fingerprint density at radius 2 is 1.85 bits per heavy atom. The lowest BCUT2D eigenvalue weighted by molar-refractivity contribution is 0.623. The van der Waals surface area contributed by atoms with Crippen molar-refractivity contribution in [2.45, 2.75) is 19.8 Å². The maximum atomic E-state index is 13.8. The van der Waals surface area contributed by atoms with Gasteiger partial charge >= 0.3 is 0 Å². The first kappa shape index (κ1) is 14.1. The van der Waals surface area contributed by atoms with Crippen LogP contribution in [0.15, 0.2) is 48.5 Å². The van der Waals surface area contributed by atoms with Gasteiger partial charge in [0.25, 0.3) is 0 Å². The van der Waals surface area contributed by atoms with Gasteiger partial charge in [0.15, 0.2) is 0 Å². The van der Waals surface area contributed by atoms with E-state index in [0.29, 0.717) is 5.69 Å². The minimum absolute atomic E-state index is 0.104. The van der Waals surface area contributed by atoms with Crippen molar-refractivity contribution in [1.82, 2.24) is 0 Å². The summed E-state index contributed by atoms with van der Waals surface area (Å²) in [5.74, 6) is -0.470. The lowest BCUT2D eigenvalue weighted by Crippen LogP contribution is -2.19. The molecular weight excluding hydrogens is 251 g/mol. The average molecular weight is 268 g/mol. The number of anilines is 2. The molecule has 0 atom stereocenters. The molecule has 0 heterocycles. The Kier molecular flexibility index (Phi) is 4.73. The van der Waals surface area contributed by atoms with Crippen LogP contribution in [0.5, 0.6) is 0 Å². The molecule has 2 aromatic carbocycles. The smallest absolute Gasteiger partial charge is 0.143 e. The molecule has 0 aliphatic carbocycles. The van der Waals surface area contributed by atoms with Gasteiger partial charge in [0, 0.05) is 12.2 Å². The largest absolute Gasteiger partial charge is 0.340 e. The summed E-state index contributed by atoms with van der Waals surface area (Å²) >= 11 is 0. The standard InChI is InChI=1S/C17H17FN2/c1-2-3-12-20(14-8-5-4-6-9-14)17-11-7-10-16(18)15(17)13-19/h4-11H,2-3,12H2,1H3. The minimum Gasteiger partial charge on any atom is -0.340 e. The van der Waals surface area contributed by atoms with Gasteiger partial charge in [-0.3, -0.25) is 0 Å². The van der Waals surface area contributed by atoms with Crippen molar-refractivity contribution in [3.8, 4) is 6.07 Å². The summed E-state index contributed by atoms with van der Waals surface area (Å²) < 4.78 is 13.8. The van der Waals surface area contributed by atoms with E-state index in [0.717, 1.165) is 25.1 Å². The second-order valence-electron chi connectivity index (χ2n) is 4.59. The Balaban J connectivity index is 2.47. The van der Waals surface area contributed by atoms with Crippen LogP contribution in [-0.2, 0) is 0 Å². The number of nitriles is 1. The van der Waals surface area contributed by atoms with Crippen LogP contribution in [0.25, 0.3) is 0 Å². The van der Waals surface area contributed by atoms with E-state index in [2.05, 4.69) is 6.92 Å². The Morgan fingerprint density at radius 3 is 2.50 bits per heavy atom. The molecule has 2 rings (SSSR count). The molecule has 20 heavy (non-hydrogen) atoms. The van der Waals surface area contributed by atoms with Crippen LogP contribution >= 0.6 is 0 Å². The summed E-state index contributed by atoms with van der Waals surface area (Å²) in [4.78, 5) is 2.01. The van der Waals surface area contributed by atoms with Gasteiger partial charge in [-0.05, 0) is 30.7 Å². The summed E-state index contributed by atoms with van der Waals surface area (Å²) in [7, 11) is 0. The van der Waals surface area contributed by atoms with Gasteiger partial charge in [-0.2, -0.15) is 5.26 Å². The quantitative estimate of drug-likeness (QED) is 0.790. The fourth-order valence-electron chi connectivity index (χ4n) is 2.16. The lowest BCUT2D eigenvalue weighted by Gasteiger charge is -2.26. The first-order chi connectivity index (χ1) is 9.77. The summed E-state index contributed by atoms with van der Waals surface area (Å²) in [5, 5.41) is 9.20. The topological polar surface area (TPSA) is 27.0 Å². The van der Waals surface area contributed by atoms with Crippen molar-refractivity contribution in [3.05, 3.63) is 59.9 Å². The molecule has 2 aromatic rings. The zero-order chi connectivity index (χ0) is 14.4. The molecule has 0 aliphatic rings. The van der Waals surface area contributed by atoms with E-state index < -0.39 is 5.82 Å². The predicted molar refractivity (Wildman–Crippen MR) is 79.5 cm³/mol. The number of hydrogen-bond acceptors (Lipinski definition) is 2. The van der Waals surface area contributed by atoms with Crippen molar-refractivity contribution in [2.24, 2.45) is 0 Å². The van der Waals surface area contributed by atoms with Crippen LogP contribution in [0.4, 0.5) is 15.8 Å². The van der Waals surface area contributed by atoms with Gasteiger partial charge in [0.2, 0.25) is 0 Å². The molecule has 0 radical (unpaired) electrons. The summed E-state index contributed by atoms with van der Waals surface area (Å²) in [6, 6.07) is 16.5. The molecule has 0 unspecified atom stereocenters. The fraction of sp³-hybridized carbons (Fsp3) is 0.235. The molecule has 0 amide bonds. The summed E-state index contributed by atoms with van der Waals surface area (Å²) in [6.07, 6.45) is 2.02. The number of halogens is 1. The van der Waals surface area contributed by atoms with Crippen LogP contribution in [0.2, 0.25) is 0 Å². The highest BCUT2D eigenvalue weighted by atomic mass is 19.1. The van der Waals surface area contributed by atoms with Crippen LogP contribution in [0, 0.1) is 17.1 Å². The normalized spacial score (nSPS) is 10.1. The molecule has 3 heteroatoms. The van der Waals surface area contributed by atoms with Gasteiger partial charge in [0.1, 0.15) is 17.4 Å². The second-order valence-corrected chi connectivity index (χ2v) is 4.59. The van der Waals surface area contributed by atoms with Crippen LogP contribution in [0.1, 0.15) is 25.3 Å². The molecule has 0 spiro atoms. The van der Waals surface area contributed by atoms with Crippen molar-refractivity contribution in [1.29, 1.82) is 5.26 Å². The third kappa shape index (κ3) is 2.97. The highest BCUT2D eigenvalue weighted by molar-refractivity contribution is 5.69. The third-order valence-electron chi connectivity index (χ3n) is 3.20. The Labute approximate surface area is 119 Å². The molecule has 2 nitrogen and oxygen atoms in total. The monoisotopic (exact) mass is 268 g/mol. The molecule has 0 saturated heterocycles. The Morgan fingerprint density at radius 1 is 1.10 bits per heavy atom. The summed E-state index contributed by atoms with van der Waals surface area (Å²) in [5.41, 5.74) is 1.71. The van der Waals surface area contributed by atoms with Crippen LogP contribution in [0.3, 0.4) is 0 Å². The maximum Gasteiger partial charge on any atom is 0.143 e. The van der Waals surface area contributed by atoms with E-state index in [1.807, 2.05) is 41.3 Å². The SMILES string of the molecule is CCCCN(c1ccccc1)c1cccc(F)c1C#N. The number of unbranched alkanes of at least 4 members (excludes halogenated alkanes) is 1. The van der Waals surface area contributed by atoms with Gasteiger partial charge < -0.3 is 4.90 Å². The second kappa shape index (κ2) is 6.72. The zero-order valence-corrected chi connectivity index (χ0v) is 11.5. The van der Waals surface area contributed by atoms with E-state index >= 15 is 0 Å². The molecule has 0 aliphatic heterocycles. The van der Waals surface area contributed by atoms with E-state index in [9.17, 15) is 9.65 Å². The number of hydrogen-bond donors (Lipinski definition) is 0. The average Bonchev–Trinajstić information content (AvgIpc) is 2.49. The number of nitrogens with zero attached hydrogens (tertiary/aromatic N) is 2. The number of rotatable bonds is 5. The summed E-state index contributed by atoms with van der Waals surface area (Å²) in [6.45, 7) is 2.87. The van der Waals surface area contributed by atoms with E-state index in [-0.39, 0.29) is 5.56 Å². The van der Waals surface area contributed by atoms with Crippen LogP contribution in [-0.4, -0.2) is 6.54 Å². The molecular formula is C17H17FN2. The molecule has 102 valence electrons. The number of para-hydroxylation sites is 1. The first-order valence-electron chi connectivity index (χ1n) is 6.79. The van der Waals surface area contributed by atoms with E-state index in [4.69, 9.17) is 0 Å². The number of benzene rings is 2. The molecule has 0 aromatic heterocycles. The predicted octanol–water partition coefficient (Wildman–Crippen LogP) is 4.64. The van der Waals surface area contributed by atoms with Gasteiger partial charge in [-0.1, -0.05) is 37.6 Å². The van der Waals surface area contributed by atoms with E-state index in [1.54, 1.807) is 12.1 Å². The third-order valence-corrected chi connectivity index (χ3v) is 3.20. The van der Waals surface area contributed by atoms with Crippen LogP contribution < -0.4 is 4.90 Å². The van der Waals surface area contributed by atoms with Gasteiger partial charge in [-0.15, -0.1) is 0 Å². The van der Waals surface area contributed by atoms with E-state index in [1.165, 1.54) is 6.07 Å². The first-order valence-corrected chi connectivity index (χ1v) is 6.79. The molecule has 0 N–H and O–H groups in total. The van der Waals surface area contributed by atoms with Gasteiger partial charge in [-0.25, -0.2) is 4.39 Å². The fourth-order valence-corrected chi connectivity index (χ4v) is 2.16. The Bertz CT molecular complexity index is 602.